The second-order valence-corrected chi connectivity index (χ2v) is 8.09. The van der Waals surface area contributed by atoms with Crippen molar-refractivity contribution in [2.75, 3.05) is 33.2 Å². The van der Waals surface area contributed by atoms with Gasteiger partial charge in [0.2, 0.25) is 0 Å². The van der Waals surface area contributed by atoms with E-state index in [1.165, 1.54) is 0 Å². The molecule has 0 rings (SSSR count). The average molecular weight is 358 g/mol. The van der Waals surface area contributed by atoms with Gasteiger partial charge in [0, 0.05) is 32.7 Å². The van der Waals surface area contributed by atoms with Crippen LogP contribution in [0.25, 0.3) is 0 Å². The molecule has 0 aromatic heterocycles. The molecule has 3 N–H and O–H groups in total. The number of hydrogen-bond acceptors (Lipinski definition) is 4. The number of hydrogen-bond donors (Lipinski definition) is 3. The zero-order chi connectivity index (χ0) is 19.7. The average Bonchev–Trinajstić information content (AvgIpc) is 2.43. The summed E-state index contributed by atoms with van der Waals surface area (Å²) in [4.78, 5) is 18.5. The van der Waals surface area contributed by atoms with Gasteiger partial charge in [0.05, 0.1) is 5.54 Å². The number of carbonyl (C=O) groups excluding carboxylic acids is 1. The van der Waals surface area contributed by atoms with Crippen LogP contribution in [0.1, 0.15) is 55.4 Å². The maximum Gasteiger partial charge on any atom is 0.408 e. The first kappa shape index (κ1) is 23.5. The summed E-state index contributed by atoms with van der Waals surface area (Å²) in [7, 11) is 1.74. The molecule has 0 heterocycles. The summed E-state index contributed by atoms with van der Waals surface area (Å²) >= 11 is 0. The van der Waals surface area contributed by atoms with E-state index < -0.39 is 17.2 Å². The Labute approximate surface area is 154 Å². The van der Waals surface area contributed by atoms with Crippen LogP contribution >= 0.6 is 0 Å². The molecule has 0 spiro atoms. The summed E-state index contributed by atoms with van der Waals surface area (Å²) in [6.07, 6.45) is -0.419. The van der Waals surface area contributed by atoms with Crippen molar-refractivity contribution in [3.8, 4) is 0 Å². The third-order valence-electron chi connectivity index (χ3n) is 3.59. The first-order valence-electron chi connectivity index (χ1n) is 9.10. The Kier molecular flexibility index (Phi) is 9.85. The molecule has 7 heteroatoms. The number of alkyl carbamates (subject to hydrolysis) is 1. The van der Waals surface area contributed by atoms with E-state index in [2.05, 4.69) is 46.6 Å². The highest BCUT2D eigenvalue weighted by Gasteiger charge is 2.24. The van der Waals surface area contributed by atoms with Crippen molar-refractivity contribution >= 4 is 12.1 Å². The monoisotopic (exact) mass is 357 g/mol. The van der Waals surface area contributed by atoms with Gasteiger partial charge in [-0.2, -0.15) is 0 Å². The van der Waals surface area contributed by atoms with Crippen LogP contribution in [-0.2, 0) is 4.74 Å². The third kappa shape index (κ3) is 11.6. The highest BCUT2D eigenvalue weighted by atomic mass is 16.6. The highest BCUT2D eigenvalue weighted by Crippen LogP contribution is 2.09. The van der Waals surface area contributed by atoms with Crippen LogP contribution in [0.15, 0.2) is 4.99 Å². The van der Waals surface area contributed by atoms with Crippen LogP contribution in [0.5, 0.6) is 0 Å². The van der Waals surface area contributed by atoms with Gasteiger partial charge in [-0.05, 0) is 55.0 Å². The van der Waals surface area contributed by atoms with Crippen LogP contribution < -0.4 is 16.0 Å². The fourth-order valence-electron chi connectivity index (χ4n) is 2.25. The summed E-state index contributed by atoms with van der Waals surface area (Å²) in [6, 6.07) is 0.527. The van der Waals surface area contributed by atoms with Crippen molar-refractivity contribution in [1.82, 2.24) is 20.9 Å². The second kappa shape index (κ2) is 10.5. The molecule has 7 nitrogen and oxygen atoms in total. The Balaban J connectivity index is 4.34. The van der Waals surface area contributed by atoms with E-state index >= 15 is 0 Å². The maximum absolute atomic E-state index is 11.9. The first-order valence-corrected chi connectivity index (χ1v) is 9.10. The van der Waals surface area contributed by atoms with Gasteiger partial charge >= 0.3 is 6.09 Å². The van der Waals surface area contributed by atoms with E-state index in [1.807, 2.05) is 34.6 Å². The van der Waals surface area contributed by atoms with Gasteiger partial charge in [-0.3, -0.25) is 9.89 Å². The number of amides is 1. The van der Waals surface area contributed by atoms with Gasteiger partial charge in [-0.15, -0.1) is 0 Å². The van der Waals surface area contributed by atoms with Gasteiger partial charge < -0.3 is 20.7 Å². The van der Waals surface area contributed by atoms with Crippen molar-refractivity contribution in [3.05, 3.63) is 0 Å². The molecule has 0 unspecified atom stereocenters. The molecule has 0 aliphatic rings. The van der Waals surface area contributed by atoms with Gasteiger partial charge in [-0.1, -0.05) is 6.92 Å². The molecule has 0 saturated heterocycles. The van der Waals surface area contributed by atoms with Crippen LogP contribution in [0, 0.1) is 0 Å². The molecular weight excluding hydrogens is 318 g/mol. The molecular formula is C18H39N5O2. The summed E-state index contributed by atoms with van der Waals surface area (Å²) in [6.45, 7) is 19.3. The quantitative estimate of drug-likeness (QED) is 0.458. The number of rotatable bonds is 8. The number of ether oxygens (including phenoxy) is 1. The fourth-order valence-corrected chi connectivity index (χ4v) is 2.25. The minimum atomic E-state index is -0.507. The molecule has 0 aliphatic carbocycles. The van der Waals surface area contributed by atoms with Crippen LogP contribution in [0.3, 0.4) is 0 Å². The zero-order valence-electron chi connectivity index (χ0n) is 17.6. The standard InChI is InChI=1S/C18H39N5O2/c1-10-23(14(2)3)12-11-20-15(19-9)21-13-18(7,8)22-16(24)25-17(4,5)6/h14H,10-13H2,1-9H3,(H,22,24)(H2,19,20,21). The lowest BCUT2D eigenvalue weighted by atomic mass is 10.1. The van der Waals surface area contributed by atoms with E-state index in [0.717, 1.165) is 25.6 Å². The molecule has 0 radical (unpaired) electrons. The zero-order valence-corrected chi connectivity index (χ0v) is 17.6. The minimum absolute atomic E-state index is 0.419. The van der Waals surface area contributed by atoms with E-state index in [-0.39, 0.29) is 0 Å². The number of nitrogens with one attached hydrogen (secondary N) is 3. The predicted molar refractivity (Wildman–Crippen MR) is 105 cm³/mol. The van der Waals surface area contributed by atoms with Crippen molar-refractivity contribution in [3.63, 3.8) is 0 Å². The Morgan fingerprint density at radius 3 is 2.20 bits per heavy atom. The van der Waals surface area contributed by atoms with Crippen molar-refractivity contribution in [2.24, 2.45) is 4.99 Å². The van der Waals surface area contributed by atoms with Gasteiger partial charge in [0.15, 0.2) is 5.96 Å². The van der Waals surface area contributed by atoms with Crippen molar-refractivity contribution < 1.29 is 9.53 Å². The molecule has 0 bridgehead atoms. The first-order chi connectivity index (χ1) is 11.4. The van der Waals surface area contributed by atoms with Crippen LogP contribution in [-0.4, -0.2) is 67.4 Å². The van der Waals surface area contributed by atoms with E-state index in [9.17, 15) is 4.79 Å². The predicted octanol–water partition coefficient (Wildman–Crippen LogP) is 2.19. The van der Waals surface area contributed by atoms with Gasteiger partial charge in [0.25, 0.3) is 0 Å². The molecule has 0 aromatic rings. The normalized spacial score (nSPS) is 13.2. The number of guanidine groups is 1. The van der Waals surface area contributed by atoms with Gasteiger partial charge in [0.1, 0.15) is 5.60 Å². The lowest BCUT2D eigenvalue weighted by molar-refractivity contribution is 0.0474. The molecule has 148 valence electrons. The van der Waals surface area contributed by atoms with E-state index in [0.29, 0.717) is 12.6 Å². The molecule has 0 saturated carbocycles. The Morgan fingerprint density at radius 2 is 1.76 bits per heavy atom. The molecule has 1 amide bonds. The summed E-state index contributed by atoms with van der Waals surface area (Å²) in [5.41, 5.74) is -0.972. The second-order valence-electron chi connectivity index (χ2n) is 8.09. The topological polar surface area (TPSA) is 78.0 Å². The van der Waals surface area contributed by atoms with Crippen LogP contribution in [0.2, 0.25) is 0 Å². The van der Waals surface area contributed by atoms with Crippen molar-refractivity contribution in [1.29, 1.82) is 0 Å². The number of carbonyl (C=O) groups is 1. The van der Waals surface area contributed by atoms with Crippen molar-refractivity contribution in [2.45, 2.75) is 72.6 Å². The lowest BCUT2D eigenvalue weighted by Gasteiger charge is -2.29. The van der Waals surface area contributed by atoms with E-state index in [4.69, 9.17) is 4.74 Å². The third-order valence-corrected chi connectivity index (χ3v) is 3.59. The summed E-state index contributed by atoms with van der Waals surface area (Å²) in [5, 5.41) is 9.43. The SMILES string of the molecule is CCN(CCNC(=NC)NCC(C)(C)NC(=O)OC(C)(C)C)C(C)C. The lowest BCUT2D eigenvalue weighted by Crippen LogP contribution is -2.54. The Hall–Kier alpha value is -1.50. The van der Waals surface area contributed by atoms with Crippen LogP contribution in [0.4, 0.5) is 4.79 Å². The smallest absolute Gasteiger partial charge is 0.408 e. The maximum atomic E-state index is 11.9. The van der Waals surface area contributed by atoms with Gasteiger partial charge in [-0.25, -0.2) is 4.79 Å². The van der Waals surface area contributed by atoms with E-state index in [1.54, 1.807) is 7.05 Å². The Morgan fingerprint density at radius 1 is 1.16 bits per heavy atom. The highest BCUT2D eigenvalue weighted by molar-refractivity contribution is 5.79. The number of aliphatic imine (C=N–C) groups is 1. The molecule has 25 heavy (non-hydrogen) atoms. The molecule has 0 atom stereocenters. The fraction of sp³-hybridized carbons (Fsp3) is 0.889. The Bertz CT molecular complexity index is 428. The molecule has 0 aromatic carbocycles. The summed E-state index contributed by atoms with van der Waals surface area (Å²) in [5.74, 6) is 0.721. The molecule has 0 aliphatic heterocycles. The largest absolute Gasteiger partial charge is 0.444 e. The number of likely N-dealkylation sites (N-methyl/N-ethyl adjacent to an activating group) is 1. The minimum Gasteiger partial charge on any atom is -0.444 e. The summed E-state index contributed by atoms with van der Waals surface area (Å²) < 4.78 is 5.30. The number of nitrogens with zero attached hydrogens (tertiary/aromatic N) is 2. The molecule has 0 fully saturated rings.